The lowest BCUT2D eigenvalue weighted by Gasteiger charge is -2.51. The number of anilines is 2. The van der Waals surface area contributed by atoms with Gasteiger partial charge >= 0.3 is 0 Å². The molecule has 3 fully saturated rings. The highest BCUT2D eigenvalue weighted by molar-refractivity contribution is 9.13. The predicted molar refractivity (Wildman–Crippen MR) is 207 cm³/mol. The summed E-state index contributed by atoms with van der Waals surface area (Å²) >= 11 is 13.6. The van der Waals surface area contributed by atoms with E-state index in [0.29, 0.717) is 32.0 Å². The number of benzene rings is 4. The van der Waals surface area contributed by atoms with E-state index in [1.807, 2.05) is 25.1 Å². The van der Waals surface area contributed by atoms with Crippen LogP contribution in [0.5, 0.6) is 11.5 Å². The summed E-state index contributed by atoms with van der Waals surface area (Å²) in [6, 6.07) is 21.1. The van der Waals surface area contributed by atoms with Gasteiger partial charge in [0.2, 0.25) is 11.8 Å². The number of nitrogens with one attached hydrogen (secondary N) is 1. The summed E-state index contributed by atoms with van der Waals surface area (Å²) in [6.45, 7) is 2.03. The first kappa shape index (κ1) is 36.5. The summed E-state index contributed by atoms with van der Waals surface area (Å²) in [5.41, 5.74) is 4.93. The molecule has 13 heteroatoms. The number of hydrogen-bond acceptors (Lipinski definition) is 7. The van der Waals surface area contributed by atoms with Crippen LogP contribution in [0.1, 0.15) is 42.4 Å². The Bertz CT molecular complexity index is 2270. The van der Waals surface area contributed by atoms with Crippen molar-refractivity contribution in [1.82, 2.24) is 5.01 Å². The average Bonchev–Trinajstić information content (AvgIpc) is 3.56. The molecule has 6 atom stereocenters. The van der Waals surface area contributed by atoms with Crippen molar-refractivity contribution >= 4 is 78.5 Å². The normalized spacial score (nSPS) is 26.0. The summed E-state index contributed by atoms with van der Waals surface area (Å²) in [4.78, 5) is 60.3. The first-order chi connectivity index (χ1) is 25.9. The van der Waals surface area contributed by atoms with Gasteiger partial charge < -0.3 is 9.84 Å². The smallest absolute Gasteiger partial charge is 0.260 e. The van der Waals surface area contributed by atoms with Crippen molar-refractivity contribution in [1.29, 1.82) is 0 Å². The molecular weight excluding hydrogens is 845 g/mol. The number of phenols is 1. The van der Waals surface area contributed by atoms with Gasteiger partial charge in [0.15, 0.2) is 11.5 Å². The molecule has 0 unspecified atom stereocenters. The minimum Gasteiger partial charge on any atom is -0.503 e. The van der Waals surface area contributed by atoms with Crippen LogP contribution >= 0.6 is 43.5 Å². The standard InChI is InChI=1S/C41H33Br2ClFN3O6/c1-3-20-4-14-25(15-5-20)47-37(50)27-17-16-26-28(32(27)39(47)52)18-30-38(51)48(46-24-12-10-23(45)11-13-24)40(53)41(30,21-6-8-22(44)9-7-21)33(26)29-19-31(54-2)36(49)35(43)34(29)42/h4-16,19,27-28,30,32-33,46,49H,3,17-18H2,1-2H3/t27-,28+,30-,32-,33+,41+/m0/s1. The van der Waals surface area contributed by atoms with E-state index in [1.54, 1.807) is 42.5 Å². The van der Waals surface area contributed by atoms with Gasteiger partial charge in [-0.05, 0) is 128 Å². The van der Waals surface area contributed by atoms with Crippen LogP contribution in [0.3, 0.4) is 0 Å². The maximum atomic E-state index is 15.4. The molecule has 0 radical (unpaired) electrons. The molecule has 1 saturated carbocycles. The molecule has 4 aliphatic rings. The second kappa shape index (κ2) is 13.6. The van der Waals surface area contributed by atoms with Crippen LogP contribution in [-0.4, -0.2) is 40.9 Å². The van der Waals surface area contributed by atoms with E-state index < -0.39 is 52.6 Å². The zero-order valence-corrected chi connectivity index (χ0v) is 32.9. The Labute approximate surface area is 332 Å². The molecule has 54 heavy (non-hydrogen) atoms. The van der Waals surface area contributed by atoms with Crippen LogP contribution < -0.4 is 15.1 Å². The third kappa shape index (κ3) is 5.35. The summed E-state index contributed by atoms with van der Waals surface area (Å²) in [6.07, 6.45) is 3.06. The number of amides is 4. The number of halogens is 4. The Morgan fingerprint density at radius 2 is 1.61 bits per heavy atom. The fourth-order valence-corrected chi connectivity index (χ4v) is 10.2. The number of methoxy groups -OCH3 is 1. The Morgan fingerprint density at radius 1 is 0.926 bits per heavy atom. The van der Waals surface area contributed by atoms with Gasteiger partial charge in [0, 0.05) is 15.4 Å². The van der Waals surface area contributed by atoms with Gasteiger partial charge in [-0.25, -0.2) is 4.39 Å². The van der Waals surface area contributed by atoms with Gasteiger partial charge in [-0.15, -0.1) is 0 Å². The Kier molecular flexibility index (Phi) is 9.22. The van der Waals surface area contributed by atoms with Crippen LogP contribution in [0.25, 0.3) is 0 Å². The van der Waals surface area contributed by atoms with Crippen LogP contribution in [0.4, 0.5) is 15.8 Å². The molecule has 8 rings (SSSR count). The lowest BCUT2D eigenvalue weighted by atomic mass is 9.49. The molecule has 0 spiro atoms. The van der Waals surface area contributed by atoms with Gasteiger partial charge in [0.1, 0.15) is 5.82 Å². The van der Waals surface area contributed by atoms with E-state index in [9.17, 15) is 23.9 Å². The van der Waals surface area contributed by atoms with Crippen LogP contribution in [0.2, 0.25) is 5.02 Å². The number of phenolic OH excluding ortho intramolecular Hbond substituents is 1. The first-order valence-corrected chi connectivity index (χ1v) is 19.5. The molecule has 2 aliphatic carbocycles. The summed E-state index contributed by atoms with van der Waals surface area (Å²) in [5, 5.41) is 12.4. The summed E-state index contributed by atoms with van der Waals surface area (Å²) in [7, 11) is 1.41. The van der Waals surface area contributed by atoms with E-state index >= 15 is 4.79 Å². The third-order valence-electron chi connectivity index (χ3n) is 11.6. The number of aryl methyl sites for hydroxylation is 1. The molecule has 2 heterocycles. The topological polar surface area (TPSA) is 116 Å². The van der Waals surface area contributed by atoms with Gasteiger partial charge in [-0.2, -0.15) is 5.01 Å². The van der Waals surface area contributed by atoms with Crippen molar-refractivity contribution in [2.45, 2.75) is 37.5 Å². The number of fused-ring (bicyclic) bond motifs is 4. The van der Waals surface area contributed by atoms with Crippen molar-refractivity contribution in [3.63, 3.8) is 0 Å². The number of nitrogens with zero attached hydrogens (tertiary/aromatic N) is 2. The number of imide groups is 2. The first-order valence-electron chi connectivity index (χ1n) is 17.5. The molecule has 0 aromatic heterocycles. The largest absolute Gasteiger partial charge is 0.503 e. The molecule has 0 bridgehead atoms. The number of hydrazine groups is 1. The minimum absolute atomic E-state index is 0.0773. The second-order valence-corrected chi connectivity index (χ2v) is 16.1. The molecule has 2 saturated heterocycles. The molecule has 276 valence electrons. The molecule has 2 aliphatic heterocycles. The predicted octanol–water partition coefficient (Wildman–Crippen LogP) is 8.47. The summed E-state index contributed by atoms with van der Waals surface area (Å²) < 4.78 is 20.2. The number of carbonyl (C=O) groups is 4. The lowest BCUT2D eigenvalue weighted by molar-refractivity contribution is -0.138. The van der Waals surface area contributed by atoms with Crippen molar-refractivity contribution in [3.05, 3.63) is 127 Å². The maximum Gasteiger partial charge on any atom is 0.260 e. The number of hydrogen-bond donors (Lipinski definition) is 2. The van der Waals surface area contributed by atoms with E-state index in [0.717, 1.165) is 22.6 Å². The van der Waals surface area contributed by atoms with Crippen molar-refractivity contribution < 1.29 is 33.4 Å². The second-order valence-electron chi connectivity index (χ2n) is 14.0. The van der Waals surface area contributed by atoms with Crippen LogP contribution in [-0.2, 0) is 31.0 Å². The van der Waals surface area contributed by atoms with Gasteiger partial charge in [0.25, 0.3) is 11.8 Å². The van der Waals surface area contributed by atoms with E-state index in [1.165, 1.54) is 36.3 Å². The fourth-order valence-electron chi connectivity index (χ4n) is 9.11. The highest BCUT2D eigenvalue weighted by Crippen LogP contribution is 2.65. The number of allylic oxidation sites excluding steroid dienone is 2. The SMILES string of the molecule is CCc1ccc(N2C(=O)[C@H]3[C@H](CC=C4[C@H]3C[C@H]3C(=O)N(Nc5ccc(F)cc5)C(=O)[C@@]3(c3ccc(Cl)cc3)[C@H]4c3cc(OC)c(O)c(Br)c3Br)C2=O)cc1. The Balaban J connectivity index is 1.35. The highest BCUT2D eigenvalue weighted by atomic mass is 79.9. The maximum absolute atomic E-state index is 15.4. The fraction of sp³-hybridized carbons (Fsp3) is 0.268. The van der Waals surface area contributed by atoms with Gasteiger partial charge in [0.05, 0.1) is 46.1 Å². The molecule has 4 aromatic rings. The molecule has 2 N–H and O–H groups in total. The molecule has 4 aromatic carbocycles. The Morgan fingerprint density at radius 3 is 2.26 bits per heavy atom. The average molecular weight is 878 g/mol. The van der Waals surface area contributed by atoms with Crippen LogP contribution in [0.15, 0.2) is 99.5 Å². The third-order valence-corrected chi connectivity index (χ3v) is 14.0. The number of ether oxygens (including phenoxy) is 1. The summed E-state index contributed by atoms with van der Waals surface area (Å²) in [5.74, 6) is -6.39. The van der Waals surface area contributed by atoms with Gasteiger partial charge in [-0.1, -0.05) is 54.4 Å². The van der Waals surface area contributed by atoms with E-state index in [4.69, 9.17) is 16.3 Å². The zero-order valence-electron chi connectivity index (χ0n) is 29.0. The number of aromatic hydroxyl groups is 1. The quantitative estimate of drug-likeness (QED) is 0.141. The molecular formula is C41H33Br2ClFN3O6. The Hall–Kier alpha value is -4.52. The lowest BCUT2D eigenvalue weighted by Crippen LogP contribution is -2.53. The number of carbonyl (C=O) groups excluding carboxylic acids is 4. The van der Waals surface area contributed by atoms with Crippen molar-refractivity contribution in [2.24, 2.45) is 23.7 Å². The van der Waals surface area contributed by atoms with E-state index in [2.05, 4.69) is 37.3 Å². The highest BCUT2D eigenvalue weighted by Gasteiger charge is 2.70. The minimum atomic E-state index is -1.62. The van der Waals surface area contributed by atoms with Gasteiger partial charge in [-0.3, -0.25) is 29.5 Å². The zero-order chi connectivity index (χ0) is 38.2. The molecule has 9 nitrogen and oxygen atoms in total. The molecule has 4 amide bonds. The number of rotatable bonds is 7. The van der Waals surface area contributed by atoms with Crippen LogP contribution in [0, 0.1) is 29.5 Å². The van der Waals surface area contributed by atoms with Crippen molar-refractivity contribution in [2.75, 3.05) is 17.4 Å². The monoisotopic (exact) mass is 875 g/mol. The van der Waals surface area contributed by atoms with E-state index in [-0.39, 0.29) is 40.6 Å². The van der Waals surface area contributed by atoms with Crippen molar-refractivity contribution in [3.8, 4) is 11.5 Å².